The van der Waals surface area contributed by atoms with Gasteiger partial charge in [-0.3, -0.25) is 14.9 Å². The number of carbonyl (C=O) groups excluding carboxylic acids is 2. The largest absolute Gasteiger partial charge is 0.480 e. The fourth-order valence-electron chi connectivity index (χ4n) is 2.25. The van der Waals surface area contributed by atoms with E-state index in [4.69, 9.17) is 0 Å². The Labute approximate surface area is 131 Å². The maximum absolute atomic E-state index is 11.9. The molecule has 0 saturated carbocycles. The quantitative estimate of drug-likeness (QED) is 0.445. The molecule has 1 fully saturated rings. The van der Waals surface area contributed by atoms with E-state index in [1.807, 2.05) is 0 Å². The van der Waals surface area contributed by atoms with E-state index in [1.54, 1.807) is 30.3 Å². The molecule has 4 unspecified atom stereocenters. The zero-order chi connectivity index (χ0) is 17.0. The predicted molar refractivity (Wildman–Crippen MR) is 76.5 cm³/mol. The van der Waals surface area contributed by atoms with Crippen molar-refractivity contribution in [2.45, 2.75) is 30.8 Å². The van der Waals surface area contributed by atoms with Crippen molar-refractivity contribution in [2.24, 2.45) is 0 Å². The van der Waals surface area contributed by atoms with Crippen molar-refractivity contribution in [1.29, 1.82) is 0 Å². The second-order valence-corrected chi connectivity index (χ2v) is 5.22. The molecule has 124 valence electrons. The highest BCUT2D eigenvalue weighted by Crippen LogP contribution is 2.16. The highest BCUT2D eigenvalue weighted by molar-refractivity contribution is 5.92. The molecule has 0 spiro atoms. The van der Waals surface area contributed by atoms with Crippen LogP contribution in [0.15, 0.2) is 30.3 Å². The van der Waals surface area contributed by atoms with Crippen LogP contribution in [0.4, 0.5) is 0 Å². The van der Waals surface area contributed by atoms with Crippen LogP contribution in [0.5, 0.6) is 0 Å². The first-order chi connectivity index (χ1) is 10.9. The molecule has 1 saturated heterocycles. The van der Waals surface area contributed by atoms with Crippen LogP contribution >= 0.6 is 0 Å². The smallest absolute Gasteiger partial charge is 0.338 e. The van der Waals surface area contributed by atoms with E-state index in [0.29, 0.717) is 0 Å². The number of rotatable bonds is 7. The van der Waals surface area contributed by atoms with Gasteiger partial charge in [0, 0.05) is 0 Å². The number of carboxylic acid groups (broad SMARTS) is 1. The molecular weight excluding hydrogens is 306 g/mol. The number of ether oxygens (including phenoxy) is 1. The van der Waals surface area contributed by atoms with Crippen molar-refractivity contribution in [3.63, 3.8) is 0 Å². The lowest BCUT2D eigenvalue weighted by molar-refractivity contribution is -0.151. The number of aliphatic carboxylic acids is 1. The summed E-state index contributed by atoms with van der Waals surface area (Å²) in [5.74, 6) is -2.91. The third-order valence-electron chi connectivity index (χ3n) is 3.54. The van der Waals surface area contributed by atoms with E-state index in [9.17, 15) is 29.7 Å². The number of esters is 1. The van der Waals surface area contributed by atoms with Gasteiger partial charge in [-0.2, -0.15) is 0 Å². The molecule has 8 nitrogen and oxygen atoms in total. The van der Waals surface area contributed by atoms with Gasteiger partial charge in [-0.1, -0.05) is 30.3 Å². The van der Waals surface area contributed by atoms with Crippen molar-refractivity contribution in [3.8, 4) is 0 Å². The normalized spacial score (nSPS) is 25.0. The number of aliphatic hydroxyl groups is 2. The van der Waals surface area contributed by atoms with Gasteiger partial charge in [-0.25, -0.2) is 4.79 Å². The van der Waals surface area contributed by atoms with E-state index in [-0.39, 0.29) is 6.42 Å². The summed E-state index contributed by atoms with van der Waals surface area (Å²) in [6.45, 7) is -0.411. The SMILES string of the molecule is O=C(O)C(Cc1ccccc1)NCC(=O)C1OC(=O)C(O)C1O. The van der Waals surface area contributed by atoms with Crippen LogP contribution in [0.3, 0.4) is 0 Å². The Morgan fingerprint density at radius 3 is 2.39 bits per heavy atom. The number of carbonyl (C=O) groups is 3. The van der Waals surface area contributed by atoms with Crippen LogP contribution < -0.4 is 5.32 Å². The number of nitrogens with one attached hydrogen (secondary N) is 1. The van der Waals surface area contributed by atoms with Gasteiger partial charge in [0.05, 0.1) is 6.54 Å². The zero-order valence-corrected chi connectivity index (χ0v) is 12.1. The molecule has 1 heterocycles. The average Bonchev–Trinajstić information content (AvgIpc) is 2.79. The predicted octanol–water partition coefficient (Wildman–Crippen LogP) is -1.51. The molecule has 1 aliphatic rings. The Bertz CT molecular complexity index is 589. The van der Waals surface area contributed by atoms with Gasteiger partial charge in [-0.15, -0.1) is 0 Å². The highest BCUT2D eigenvalue weighted by atomic mass is 16.6. The maximum atomic E-state index is 11.9. The number of ketones is 1. The summed E-state index contributed by atoms with van der Waals surface area (Å²) in [6.07, 6.45) is -4.73. The molecule has 0 aromatic heterocycles. The van der Waals surface area contributed by atoms with Crippen LogP contribution in [0.25, 0.3) is 0 Å². The summed E-state index contributed by atoms with van der Waals surface area (Å²) in [5.41, 5.74) is 0.780. The van der Waals surface area contributed by atoms with E-state index in [0.717, 1.165) is 5.56 Å². The second-order valence-electron chi connectivity index (χ2n) is 5.22. The van der Waals surface area contributed by atoms with Gasteiger partial charge >= 0.3 is 11.9 Å². The van der Waals surface area contributed by atoms with Gasteiger partial charge in [0.2, 0.25) is 0 Å². The minimum absolute atomic E-state index is 0.166. The molecular formula is C15H17NO7. The van der Waals surface area contributed by atoms with Gasteiger partial charge in [0.1, 0.15) is 12.1 Å². The molecule has 4 N–H and O–H groups in total. The number of carboxylic acids is 1. The Kier molecular flexibility index (Phi) is 5.43. The Balaban J connectivity index is 1.93. The van der Waals surface area contributed by atoms with Crippen molar-refractivity contribution in [2.75, 3.05) is 6.54 Å². The van der Waals surface area contributed by atoms with Crippen LogP contribution in [0, 0.1) is 0 Å². The van der Waals surface area contributed by atoms with Gasteiger partial charge < -0.3 is 20.1 Å². The number of Topliss-reactive ketones (excluding diaryl/α,β-unsaturated/α-hetero) is 1. The van der Waals surface area contributed by atoms with Crippen LogP contribution in [-0.2, 0) is 25.5 Å². The monoisotopic (exact) mass is 323 g/mol. The minimum atomic E-state index is -1.76. The first-order valence-corrected chi connectivity index (χ1v) is 6.99. The molecule has 1 aromatic carbocycles. The van der Waals surface area contributed by atoms with Crippen LogP contribution in [0.2, 0.25) is 0 Å². The van der Waals surface area contributed by atoms with E-state index in [2.05, 4.69) is 10.1 Å². The third-order valence-corrected chi connectivity index (χ3v) is 3.54. The fraction of sp³-hybridized carbons (Fsp3) is 0.400. The number of cyclic esters (lactones) is 1. The second kappa shape index (κ2) is 7.32. The van der Waals surface area contributed by atoms with Crippen molar-refractivity contribution >= 4 is 17.7 Å². The van der Waals surface area contributed by atoms with Crippen molar-refractivity contribution in [3.05, 3.63) is 35.9 Å². The summed E-state index contributed by atoms with van der Waals surface area (Å²) in [6, 6.07) is 7.86. The first kappa shape index (κ1) is 17.1. The summed E-state index contributed by atoms with van der Waals surface area (Å²) in [4.78, 5) is 34.3. The number of benzene rings is 1. The van der Waals surface area contributed by atoms with Gasteiger partial charge in [0.25, 0.3) is 0 Å². The Morgan fingerprint density at radius 2 is 1.87 bits per heavy atom. The Morgan fingerprint density at radius 1 is 1.22 bits per heavy atom. The minimum Gasteiger partial charge on any atom is -0.480 e. The maximum Gasteiger partial charge on any atom is 0.338 e. The third kappa shape index (κ3) is 4.13. The molecule has 0 aliphatic carbocycles. The van der Waals surface area contributed by atoms with Gasteiger partial charge in [-0.05, 0) is 12.0 Å². The number of aliphatic hydroxyl groups excluding tert-OH is 2. The molecule has 23 heavy (non-hydrogen) atoms. The summed E-state index contributed by atoms with van der Waals surface area (Å²) in [5, 5.41) is 30.6. The van der Waals surface area contributed by atoms with Gasteiger partial charge in [0.15, 0.2) is 18.0 Å². The molecule has 1 aromatic rings. The number of hydrogen-bond donors (Lipinski definition) is 4. The van der Waals surface area contributed by atoms with E-state index < -0.39 is 48.6 Å². The molecule has 0 amide bonds. The first-order valence-electron chi connectivity index (χ1n) is 6.99. The standard InChI is InChI=1S/C15H17NO7/c17-10(13-11(18)12(19)15(22)23-13)7-16-9(14(20)21)6-8-4-2-1-3-5-8/h1-5,9,11-13,16,18-19H,6-7H2,(H,20,21). The average molecular weight is 323 g/mol. The molecule has 1 aliphatic heterocycles. The number of hydrogen-bond acceptors (Lipinski definition) is 7. The fourth-order valence-corrected chi connectivity index (χ4v) is 2.25. The Hall–Kier alpha value is -2.29. The lowest BCUT2D eigenvalue weighted by Gasteiger charge is -2.17. The van der Waals surface area contributed by atoms with Crippen LogP contribution in [-0.4, -0.2) is 63.9 Å². The van der Waals surface area contributed by atoms with Crippen LogP contribution in [0.1, 0.15) is 5.56 Å². The summed E-state index contributed by atoms with van der Waals surface area (Å²) in [7, 11) is 0. The lowest BCUT2D eigenvalue weighted by atomic mass is 10.0. The summed E-state index contributed by atoms with van der Waals surface area (Å²) < 4.78 is 4.58. The van der Waals surface area contributed by atoms with E-state index in [1.165, 1.54) is 0 Å². The molecule has 8 heteroatoms. The molecule has 0 radical (unpaired) electrons. The van der Waals surface area contributed by atoms with Crippen molar-refractivity contribution < 1.29 is 34.4 Å². The van der Waals surface area contributed by atoms with E-state index >= 15 is 0 Å². The topological polar surface area (TPSA) is 133 Å². The van der Waals surface area contributed by atoms with Crippen molar-refractivity contribution in [1.82, 2.24) is 5.32 Å². The summed E-state index contributed by atoms with van der Waals surface area (Å²) >= 11 is 0. The highest BCUT2D eigenvalue weighted by Gasteiger charge is 2.46. The molecule has 4 atom stereocenters. The lowest BCUT2D eigenvalue weighted by Crippen LogP contribution is -2.46. The molecule has 2 rings (SSSR count). The zero-order valence-electron chi connectivity index (χ0n) is 12.1. The molecule has 0 bridgehead atoms.